The molecule has 1 heteroatoms. The van der Waals surface area contributed by atoms with Gasteiger partial charge in [-0.05, 0) is 37.0 Å². The van der Waals surface area contributed by atoms with Gasteiger partial charge in [-0.2, -0.15) is 0 Å². The van der Waals surface area contributed by atoms with Crippen LogP contribution in [0.5, 0.6) is 0 Å². The molecule has 1 aliphatic carbocycles. The van der Waals surface area contributed by atoms with Gasteiger partial charge in [0.25, 0.3) is 0 Å². The molecule has 0 bridgehead atoms. The van der Waals surface area contributed by atoms with Crippen LogP contribution in [0.1, 0.15) is 52.9 Å². The molecule has 1 aliphatic rings. The summed E-state index contributed by atoms with van der Waals surface area (Å²) in [5.41, 5.74) is 6.22. The predicted molar refractivity (Wildman–Crippen MR) is 58.6 cm³/mol. The second kappa shape index (κ2) is 4.99. The van der Waals surface area contributed by atoms with Gasteiger partial charge in [0, 0.05) is 6.04 Å². The Morgan fingerprint density at radius 3 is 2.38 bits per heavy atom. The van der Waals surface area contributed by atoms with Crippen molar-refractivity contribution in [2.75, 3.05) is 0 Å². The third-order valence-corrected chi connectivity index (χ3v) is 3.56. The van der Waals surface area contributed by atoms with Gasteiger partial charge in [-0.15, -0.1) is 0 Å². The summed E-state index contributed by atoms with van der Waals surface area (Å²) in [5, 5.41) is 0. The fourth-order valence-corrected chi connectivity index (χ4v) is 2.55. The molecule has 0 aliphatic heterocycles. The predicted octanol–water partition coefficient (Wildman–Crippen LogP) is 3.19. The maximum Gasteiger partial charge on any atom is 0.00698 e. The van der Waals surface area contributed by atoms with Crippen molar-refractivity contribution in [2.24, 2.45) is 23.5 Å². The van der Waals surface area contributed by atoms with E-state index in [9.17, 15) is 0 Å². The minimum absolute atomic E-state index is 0.472. The topological polar surface area (TPSA) is 26.0 Å². The van der Waals surface area contributed by atoms with Crippen LogP contribution in [0.4, 0.5) is 0 Å². The van der Waals surface area contributed by atoms with E-state index in [4.69, 9.17) is 5.73 Å². The summed E-state index contributed by atoms with van der Waals surface area (Å²) in [6.07, 6.45) is 6.71. The Bertz CT molecular complexity index is 142. The lowest BCUT2D eigenvalue weighted by Crippen LogP contribution is -2.31. The van der Waals surface area contributed by atoms with E-state index in [1.165, 1.54) is 32.1 Å². The fourth-order valence-electron chi connectivity index (χ4n) is 2.55. The molecular formula is C12H25N. The molecule has 1 saturated carbocycles. The van der Waals surface area contributed by atoms with Gasteiger partial charge in [0.15, 0.2) is 0 Å². The molecule has 2 N–H and O–H groups in total. The molecule has 13 heavy (non-hydrogen) atoms. The monoisotopic (exact) mass is 183 g/mol. The second-order valence-corrected chi connectivity index (χ2v) is 5.21. The van der Waals surface area contributed by atoms with E-state index >= 15 is 0 Å². The van der Waals surface area contributed by atoms with Crippen LogP contribution in [0.25, 0.3) is 0 Å². The molecule has 1 fully saturated rings. The third kappa shape index (κ3) is 3.30. The average Bonchev–Trinajstić information content (AvgIpc) is 2.47. The van der Waals surface area contributed by atoms with Gasteiger partial charge in [-0.1, -0.05) is 33.6 Å². The summed E-state index contributed by atoms with van der Waals surface area (Å²) in [6, 6.07) is 0.472. The first-order valence-electron chi connectivity index (χ1n) is 5.87. The first-order valence-corrected chi connectivity index (χ1v) is 5.87. The molecule has 0 heterocycles. The fraction of sp³-hybridized carbons (Fsp3) is 1.00. The quantitative estimate of drug-likeness (QED) is 0.711. The van der Waals surface area contributed by atoms with Gasteiger partial charge in [0.1, 0.15) is 0 Å². The molecule has 0 radical (unpaired) electrons. The molecule has 1 rings (SSSR count). The van der Waals surface area contributed by atoms with E-state index in [0.717, 1.165) is 17.8 Å². The van der Waals surface area contributed by atoms with Crippen LogP contribution in [0.3, 0.4) is 0 Å². The largest absolute Gasteiger partial charge is 0.327 e. The normalized spacial score (nSPS) is 31.2. The lowest BCUT2D eigenvalue weighted by Gasteiger charge is -2.23. The summed E-state index contributed by atoms with van der Waals surface area (Å²) in [4.78, 5) is 0. The summed E-state index contributed by atoms with van der Waals surface area (Å²) in [5.74, 6) is 2.50. The Morgan fingerprint density at radius 1 is 1.23 bits per heavy atom. The smallest absolute Gasteiger partial charge is 0.00698 e. The van der Waals surface area contributed by atoms with E-state index in [1.807, 2.05) is 0 Å². The maximum atomic E-state index is 6.22. The van der Waals surface area contributed by atoms with Crippen molar-refractivity contribution in [3.8, 4) is 0 Å². The van der Waals surface area contributed by atoms with Crippen molar-refractivity contribution >= 4 is 0 Å². The molecule has 3 unspecified atom stereocenters. The van der Waals surface area contributed by atoms with Gasteiger partial charge >= 0.3 is 0 Å². The summed E-state index contributed by atoms with van der Waals surface area (Å²) < 4.78 is 0. The minimum atomic E-state index is 0.472. The van der Waals surface area contributed by atoms with Crippen LogP contribution < -0.4 is 5.73 Å². The zero-order valence-electron chi connectivity index (χ0n) is 9.42. The molecule has 0 aromatic rings. The number of hydrogen-bond donors (Lipinski definition) is 1. The van der Waals surface area contributed by atoms with Crippen LogP contribution >= 0.6 is 0 Å². The van der Waals surface area contributed by atoms with Gasteiger partial charge in [-0.25, -0.2) is 0 Å². The maximum absolute atomic E-state index is 6.22. The zero-order chi connectivity index (χ0) is 9.84. The molecule has 3 atom stereocenters. The highest BCUT2D eigenvalue weighted by Gasteiger charge is 2.28. The van der Waals surface area contributed by atoms with E-state index < -0.39 is 0 Å². The number of rotatable bonds is 4. The van der Waals surface area contributed by atoms with Crippen molar-refractivity contribution in [1.29, 1.82) is 0 Å². The van der Waals surface area contributed by atoms with Crippen LogP contribution in [0.15, 0.2) is 0 Å². The van der Waals surface area contributed by atoms with Crippen LogP contribution in [0.2, 0.25) is 0 Å². The summed E-state index contributed by atoms with van der Waals surface area (Å²) >= 11 is 0. The average molecular weight is 183 g/mol. The van der Waals surface area contributed by atoms with Crippen LogP contribution in [-0.4, -0.2) is 6.04 Å². The van der Waals surface area contributed by atoms with E-state index in [1.54, 1.807) is 0 Å². The lowest BCUT2D eigenvalue weighted by molar-refractivity contribution is 0.316. The molecule has 0 saturated heterocycles. The molecule has 0 spiro atoms. The Balaban J connectivity index is 2.25. The highest BCUT2D eigenvalue weighted by molar-refractivity contribution is 4.82. The molecule has 0 aromatic heterocycles. The minimum Gasteiger partial charge on any atom is -0.327 e. The van der Waals surface area contributed by atoms with Gasteiger partial charge in [-0.3, -0.25) is 0 Å². The van der Waals surface area contributed by atoms with E-state index in [-0.39, 0.29) is 0 Å². The van der Waals surface area contributed by atoms with Gasteiger partial charge in [0.05, 0.1) is 0 Å². The first kappa shape index (κ1) is 11.0. The van der Waals surface area contributed by atoms with E-state index in [0.29, 0.717) is 6.04 Å². The molecule has 0 amide bonds. The van der Waals surface area contributed by atoms with Crippen molar-refractivity contribution in [2.45, 2.75) is 58.9 Å². The number of hydrogen-bond acceptors (Lipinski definition) is 1. The first-order chi connectivity index (χ1) is 6.11. The Labute approximate surface area is 83.1 Å². The Kier molecular flexibility index (Phi) is 4.24. The summed E-state index contributed by atoms with van der Waals surface area (Å²) in [6.45, 7) is 6.93. The molecule has 0 aromatic carbocycles. The van der Waals surface area contributed by atoms with Crippen LogP contribution in [0, 0.1) is 17.8 Å². The molecule has 78 valence electrons. The van der Waals surface area contributed by atoms with Crippen molar-refractivity contribution in [1.82, 2.24) is 0 Å². The summed E-state index contributed by atoms with van der Waals surface area (Å²) in [7, 11) is 0. The van der Waals surface area contributed by atoms with Crippen molar-refractivity contribution in [3.05, 3.63) is 0 Å². The van der Waals surface area contributed by atoms with Crippen LogP contribution in [-0.2, 0) is 0 Å². The van der Waals surface area contributed by atoms with E-state index in [2.05, 4.69) is 20.8 Å². The van der Waals surface area contributed by atoms with Crippen molar-refractivity contribution in [3.63, 3.8) is 0 Å². The molecule has 1 nitrogen and oxygen atoms in total. The zero-order valence-corrected chi connectivity index (χ0v) is 9.42. The SMILES string of the molecule is CC(C)CCC(N)C1CCCC1C. The molecular weight excluding hydrogens is 158 g/mol. The highest BCUT2D eigenvalue weighted by atomic mass is 14.7. The van der Waals surface area contributed by atoms with Gasteiger partial charge < -0.3 is 5.73 Å². The highest BCUT2D eigenvalue weighted by Crippen LogP contribution is 2.34. The Hall–Kier alpha value is -0.0400. The Morgan fingerprint density at radius 2 is 1.92 bits per heavy atom. The standard InChI is InChI=1S/C12H25N/c1-9(2)7-8-12(13)11-6-4-5-10(11)3/h9-12H,4-8,13H2,1-3H3. The van der Waals surface area contributed by atoms with Crippen molar-refractivity contribution < 1.29 is 0 Å². The number of nitrogens with two attached hydrogens (primary N) is 1. The second-order valence-electron chi connectivity index (χ2n) is 5.21. The third-order valence-electron chi connectivity index (χ3n) is 3.56. The lowest BCUT2D eigenvalue weighted by atomic mass is 9.87. The van der Waals surface area contributed by atoms with Gasteiger partial charge in [0.2, 0.25) is 0 Å².